The van der Waals surface area contributed by atoms with Gasteiger partial charge in [-0.3, -0.25) is 9.69 Å². The molecule has 0 bridgehead atoms. The molecule has 1 saturated heterocycles. The summed E-state index contributed by atoms with van der Waals surface area (Å²) in [5, 5.41) is 3.80. The second-order valence-corrected chi connectivity index (χ2v) is 8.78. The number of nitrogens with zero attached hydrogens (tertiary/aromatic N) is 2. The number of carbonyl (C=O) groups excluding carboxylic acids is 1. The van der Waals surface area contributed by atoms with E-state index in [2.05, 4.69) is 15.2 Å². The number of anilines is 1. The van der Waals surface area contributed by atoms with Gasteiger partial charge in [-0.25, -0.2) is 9.18 Å². The van der Waals surface area contributed by atoms with Crippen LogP contribution in [0.3, 0.4) is 0 Å². The summed E-state index contributed by atoms with van der Waals surface area (Å²) in [4.78, 5) is 33.0. The van der Waals surface area contributed by atoms with Gasteiger partial charge in [0, 0.05) is 42.8 Å². The van der Waals surface area contributed by atoms with E-state index < -0.39 is 0 Å². The molecular weight excluding hydrogens is 435 g/mol. The number of hydrogen-bond donors (Lipinski definition) is 2. The number of urea groups is 1. The van der Waals surface area contributed by atoms with Gasteiger partial charge in [-0.2, -0.15) is 0 Å². The Bertz CT molecular complexity index is 1200. The molecule has 1 aliphatic heterocycles. The van der Waals surface area contributed by atoms with Crippen LogP contribution in [0.2, 0.25) is 0 Å². The number of pyridine rings is 1. The van der Waals surface area contributed by atoms with Crippen molar-refractivity contribution in [1.82, 2.24) is 14.8 Å². The van der Waals surface area contributed by atoms with Crippen molar-refractivity contribution in [3.8, 4) is 0 Å². The Hall–Kier alpha value is -3.23. The highest BCUT2D eigenvalue weighted by atomic mass is 19.1. The molecule has 2 aromatic carbocycles. The van der Waals surface area contributed by atoms with Crippen molar-refractivity contribution < 1.29 is 13.9 Å². The van der Waals surface area contributed by atoms with Crippen molar-refractivity contribution in [1.29, 1.82) is 0 Å². The van der Waals surface area contributed by atoms with Crippen LogP contribution in [-0.2, 0) is 11.3 Å². The monoisotopic (exact) mass is 466 g/mol. The quantitative estimate of drug-likeness (QED) is 0.551. The lowest BCUT2D eigenvalue weighted by Crippen LogP contribution is -2.40. The topological polar surface area (TPSA) is 77.7 Å². The van der Waals surface area contributed by atoms with Gasteiger partial charge >= 0.3 is 6.03 Å². The van der Waals surface area contributed by atoms with Crippen LogP contribution >= 0.6 is 0 Å². The first-order chi connectivity index (χ1) is 16.4. The predicted molar refractivity (Wildman–Crippen MR) is 132 cm³/mol. The average Bonchev–Trinajstić information content (AvgIpc) is 2.83. The maximum Gasteiger partial charge on any atom is 0.322 e. The number of morpholine rings is 1. The standard InChI is InChI=1S/C26H31FN4O3/c1-18-4-5-19(2)24-23(18)16-20(25(32)29-24)17-31(11-3-10-30-12-14-34-15-13-30)26(33)28-22-8-6-21(27)7-9-22/h4-9,16H,3,10-15,17H2,1-2H3,(H,28,33)(H,29,32). The van der Waals surface area contributed by atoms with E-state index in [1.165, 1.54) is 24.3 Å². The molecule has 0 atom stereocenters. The number of benzene rings is 2. The van der Waals surface area contributed by atoms with E-state index in [-0.39, 0.29) is 24.0 Å². The zero-order valence-electron chi connectivity index (χ0n) is 19.7. The summed E-state index contributed by atoms with van der Waals surface area (Å²) >= 11 is 0. The SMILES string of the molecule is Cc1ccc(C)c2[nH]c(=O)c(CN(CCCN3CCOCC3)C(=O)Nc3ccc(F)cc3)cc12. The van der Waals surface area contributed by atoms with Crippen LogP contribution in [0, 0.1) is 19.7 Å². The van der Waals surface area contributed by atoms with Crippen LogP contribution < -0.4 is 10.9 Å². The lowest BCUT2D eigenvalue weighted by molar-refractivity contribution is 0.0365. The molecule has 1 aliphatic rings. The van der Waals surface area contributed by atoms with E-state index in [1.54, 1.807) is 4.90 Å². The van der Waals surface area contributed by atoms with Gasteiger partial charge < -0.3 is 19.9 Å². The smallest absolute Gasteiger partial charge is 0.322 e. The van der Waals surface area contributed by atoms with Crippen molar-refractivity contribution >= 4 is 22.6 Å². The minimum absolute atomic E-state index is 0.175. The number of aryl methyl sites for hydroxylation is 2. The molecule has 2 amide bonds. The Balaban J connectivity index is 1.54. The van der Waals surface area contributed by atoms with Gasteiger partial charge in [-0.15, -0.1) is 0 Å². The van der Waals surface area contributed by atoms with Crippen LogP contribution in [-0.4, -0.2) is 60.2 Å². The second kappa shape index (κ2) is 10.8. The molecule has 0 spiro atoms. The number of aromatic amines is 1. The first kappa shape index (κ1) is 23.9. The highest BCUT2D eigenvalue weighted by Gasteiger charge is 2.18. The van der Waals surface area contributed by atoms with Gasteiger partial charge in [-0.1, -0.05) is 12.1 Å². The Morgan fingerprint density at radius 1 is 1.12 bits per heavy atom. The van der Waals surface area contributed by atoms with Crippen LogP contribution in [0.25, 0.3) is 10.9 Å². The van der Waals surface area contributed by atoms with Crippen molar-refractivity contribution in [2.75, 3.05) is 44.7 Å². The molecule has 0 unspecified atom stereocenters. The Kier molecular flexibility index (Phi) is 7.59. The van der Waals surface area contributed by atoms with Crippen LogP contribution in [0.4, 0.5) is 14.9 Å². The lowest BCUT2D eigenvalue weighted by Gasteiger charge is -2.28. The van der Waals surface area contributed by atoms with E-state index in [4.69, 9.17) is 4.74 Å². The van der Waals surface area contributed by atoms with Crippen molar-refractivity contribution in [2.45, 2.75) is 26.8 Å². The van der Waals surface area contributed by atoms with Gasteiger partial charge in [0.1, 0.15) is 5.82 Å². The van der Waals surface area contributed by atoms with Gasteiger partial charge in [-0.05, 0) is 61.7 Å². The molecule has 0 aliphatic carbocycles. The molecule has 2 N–H and O–H groups in total. The maximum atomic E-state index is 13.3. The fourth-order valence-corrected chi connectivity index (χ4v) is 4.24. The molecule has 2 heterocycles. The summed E-state index contributed by atoms with van der Waals surface area (Å²) in [6, 6.07) is 11.2. The van der Waals surface area contributed by atoms with Gasteiger partial charge in [0.25, 0.3) is 5.56 Å². The van der Waals surface area contributed by atoms with Crippen molar-refractivity contribution in [3.05, 3.63) is 75.3 Å². The summed E-state index contributed by atoms with van der Waals surface area (Å²) in [6.07, 6.45) is 0.764. The zero-order valence-corrected chi connectivity index (χ0v) is 19.7. The number of amides is 2. The summed E-state index contributed by atoms with van der Waals surface area (Å²) < 4.78 is 18.7. The zero-order chi connectivity index (χ0) is 24.1. The molecule has 3 aromatic rings. The Morgan fingerprint density at radius 2 is 1.82 bits per heavy atom. The first-order valence-electron chi connectivity index (χ1n) is 11.6. The molecule has 0 radical (unpaired) electrons. The fraction of sp³-hybridized carbons (Fsp3) is 0.385. The average molecular weight is 467 g/mol. The minimum atomic E-state index is -0.367. The van der Waals surface area contributed by atoms with Crippen molar-refractivity contribution in [2.24, 2.45) is 0 Å². The number of nitrogens with one attached hydrogen (secondary N) is 2. The van der Waals surface area contributed by atoms with E-state index in [9.17, 15) is 14.0 Å². The molecule has 4 rings (SSSR count). The molecule has 34 heavy (non-hydrogen) atoms. The molecular formula is C26H31FN4O3. The normalized spacial score (nSPS) is 14.3. The van der Waals surface area contributed by atoms with Crippen molar-refractivity contribution in [3.63, 3.8) is 0 Å². The number of rotatable bonds is 7. The van der Waals surface area contributed by atoms with Crippen LogP contribution in [0.5, 0.6) is 0 Å². The summed E-state index contributed by atoms with van der Waals surface area (Å²) in [7, 11) is 0. The molecule has 1 fully saturated rings. The van der Waals surface area contributed by atoms with Gasteiger partial charge in [0.15, 0.2) is 0 Å². The number of halogens is 1. The number of H-pyrrole nitrogens is 1. The Labute approximate surface area is 198 Å². The van der Waals surface area contributed by atoms with E-state index in [0.29, 0.717) is 17.8 Å². The maximum absolute atomic E-state index is 13.3. The van der Waals surface area contributed by atoms with E-state index in [0.717, 1.165) is 61.3 Å². The number of hydrogen-bond acceptors (Lipinski definition) is 4. The molecule has 1 aromatic heterocycles. The summed E-state index contributed by atoms with van der Waals surface area (Å²) in [5.74, 6) is -0.367. The van der Waals surface area contributed by atoms with Gasteiger partial charge in [0.05, 0.1) is 25.3 Å². The lowest BCUT2D eigenvalue weighted by atomic mass is 10.0. The second-order valence-electron chi connectivity index (χ2n) is 8.78. The minimum Gasteiger partial charge on any atom is -0.379 e. The van der Waals surface area contributed by atoms with Gasteiger partial charge in [0.2, 0.25) is 0 Å². The fourth-order valence-electron chi connectivity index (χ4n) is 4.24. The van der Waals surface area contributed by atoms with E-state index in [1.807, 2.05) is 32.0 Å². The molecule has 7 nitrogen and oxygen atoms in total. The third kappa shape index (κ3) is 5.81. The van der Waals surface area contributed by atoms with Crippen LogP contribution in [0.15, 0.2) is 47.3 Å². The number of aromatic nitrogens is 1. The van der Waals surface area contributed by atoms with E-state index >= 15 is 0 Å². The Morgan fingerprint density at radius 3 is 2.56 bits per heavy atom. The highest BCUT2D eigenvalue weighted by Crippen LogP contribution is 2.20. The number of fused-ring (bicyclic) bond motifs is 1. The highest BCUT2D eigenvalue weighted by molar-refractivity contribution is 5.89. The largest absolute Gasteiger partial charge is 0.379 e. The number of carbonyl (C=O) groups is 1. The third-order valence-corrected chi connectivity index (χ3v) is 6.27. The van der Waals surface area contributed by atoms with Crippen LogP contribution in [0.1, 0.15) is 23.1 Å². The molecule has 8 heteroatoms. The molecule has 0 saturated carbocycles. The number of ether oxygens (including phenoxy) is 1. The summed E-state index contributed by atoms with van der Waals surface area (Å²) in [5.41, 5.74) is 3.72. The summed E-state index contributed by atoms with van der Waals surface area (Å²) in [6.45, 7) is 8.67. The molecule has 180 valence electrons. The predicted octanol–water partition coefficient (Wildman–Crippen LogP) is 4.04. The first-order valence-corrected chi connectivity index (χ1v) is 11.6. The third-order valence-electron chi connectivity index (χ3n) is 6.27.